The minimum Gasteiger partial charge on any atom is -0.305 e. The molecular formula is C27H18IrN3S-. The normalized spacial score (nSPS) is 10.2. The standard InChI is InChI=1S/C17H10NS.C10H8N2.Ir/c1-2-10-16-12(6-1)13-7-5-8-14(17(13)19-16)15-9-3-4-11-18-15;1-3-7-11-9(5-1)10-6-2-4-8-12-10;/h1-7,9-11H;1-8H;/q-1;;. The molecule has 0 amide bonds. The zero-order valence-electron chi connectivity index (χ0n) is 17.0. The third-order valence-corrected chi connectivity index (χ3v) is 6.06. The maximum absolute atomic E-state index is 4.44. The molecule has 157 valence electrons. The molecule has 0 fully saturated rings. The molecule has 6 rings (SSSR count). The zero-order chi connectivity index (χ0) is 20.9. The summed E-state index contributed by atoms with van der Waals surface area (Å²) < 4.78 is 2.58. The summed E-state index contributed by atoms with van der Waals surface area (Å²) >= 11 is 1.81. The first-order valence-electron chi connectivity index (χ1n) is 9.96. The third kappa shape index (κ3) is 4.66. The summed E-state index contributed by atoms with van der Waals surface area (Å²) in [5, 5.41) is 2.61. The van der Waals surface area contributed by atoms with Crippen molar-refractivity contribution in [1.82, 2.24) is 15.0 Å². The monoisotopic (exact) mass is 609 g/mol. The van der Waals surface area contributed by atoms with Gasteiger partial charge in [-0.25, -0.2) is 0 Å². The second-order valence-corrected chi connectivity index (χ2v) is 7.89. The van der Waals surface area contributed by atoms with Crippen LogP contribution in [0.25, 0.3) is 42.8 Å². The van der Waals surface area contributed by atoms with Gasteiger partial charge in [-0.3, -0.25) is 9.97 Å². The van der Waals surface area contributed by atoms with Crippen LogP contribution in [0.1, 0.15) is 0 Å². The Morgan fingerprint density at radius 2 is 1.12 bits per heavy atom. The number of rotatable bonds is 2. The second-order valence-electron chi connectivity index (χ2n) is 6.84. The molecule has 0 N–H and O–H groups in total. The van der Waals surface area contributed by atoms with Crippen molar-refractivity contribution in [2.45, 2.75) is 0 Å². The van der Waals surface area contributed by atoms with E-state index < -0.39 is 0 Å². The first-order valence-corrected chi connectivity index (χ1v) is 10.8. The number of nitrogens with zero attached hydrogens (tertiary/aromatic N) is 3. The van der Waals surface area contributed by atoms with Gasteiger partial charge in [0.2, 0.25) is 0 Å². The van der Waals surface area contributed by atoms with Crippen LogP contribution in [-0.4, -0.2) is 15.0 Å². The summed E-state index contributed by atoms with van der Waals surface area (Å²) in [6.07, 6.45) is 5.36. The number of pyridine rings is 3. The topological polar surface area (TPSA) is 38.7 Å². The molecule has 0 aliphatic heterocycles. The van der Waals surface area contributed by atoms with E-state index in [0.29, 0.717) is 0 Å². The second kappa shape index (κ2) is 10.4. The maximum atomic E-state index is 4.44. The fourth-order valence-corrected chi connectivity index (χ4v) is 4.63. The van der Waals surface area contributed by atoms with Crippen molar-refractivity contribution in [2.24, 2.45) is 0 Å². The SMILES string of the molecule is [Ir].[c-]1ccc2c(sc3ccccc32)c1-c1ccccn1.c1ccc(-c2ccccn2)nc1. The molecule has 4 aromatic heterocycles. The van der Waals surface area contributed by atoms with Gasteiger partial charge < -0.3 is 4.98 Å². The quantitative estimate of drug-likeness (QED) is 0.198. The Hall–Kier alpha value is -3.24. The van der Waals surface area contributed by atoms with Crippen LogP contribution in [0.4, 0.5) is 0 Å². The summed E-state index contributed by atoms with van der Waals surface area (Å²) in [6.45, 7) is 0. The van der Waals surface area contributed by atoms with Crippen molar-refractivity contribution < 1.29 is 20.1 Å². The summed E-state index contributed by atoms with van der Waals surface area (Å²) in [7, 11) is 0. The van der Waals surface area contributed by atoms with Crippen LogP contribution in [0.5, 0.6) is 0 Å². The summed E-state index contributed by atoms with van der Waals surface area (Å²) in [6, 6.07) is 33.6. The first kappa shape index (κ1) is 22.0. The van der Waals surface area contributed by atoms with Gasteiger partial charge >= 0.3 is 0 Å². The van der Waals surface area contributed by atoms with Crippen LogP contribution in [-0.2, 0) is 20.1 Å². The maximum Gasteiger partial charge on any atom is 0.0886 e. The van der Waals surface area contributed by atoms with Gasteiger partial charge in [0.15, 0.2) is 0 Å². The first-order chi connectivity index (χ1) is 15.4. The predicted octanol–water partition coefficient (Wildman–Crippen LogP) is 7.06. The largest absolute Gasteiger partial charge is 0.305 e. The molecule has 2 aromatic carbocycles. The summed E-state index contributed by atoms with van der Waals surface area (Å²) in [5.41, 5.74) is 3.91. The number of benzene rings is 2. The molecule has 0 bridgehead atoms. The van der Waals surface area contributed by atoms with Crippen molar-refractivity contribution in [2.75, 3.05) is 0 Å². The van der Waals surface area contributed by atoms with Gasteiger partial charge in [-0.2, -0.15) is 11.3 Å². The molecule has 0 spiro atoms. The van der Waals surface area contributed by atoms with E-state index in [9.17, 15) is 0 Å². The molecule has 1 radical (unpaired) electrons. The average molecular weight is 609 g/mol. The van der Waals surface area contributed by atoms with E-state index in [1.165, 1.54) is 20.2 Å². The molecule has 5 heteroatoms. The van der Waals surface area contributed by atoms with E-state index in [1.807, 2.05) is 78.2 Å². The van der Waals surface area contributed by atoms with E-state index in [1.54, 1.807) is 12.4 Å². The number of aromatic nitrogens is 3. The van der Waals surface area contributed by atoms with Gasteiger partial charge in [-0.05, 0) is 52.2 Å². The molecular weight excluding hydrogens is 591 g/mol. The molecule has 32 heavy (non-hydrogen) atoms. The minimum atomic E-state index is 0. The number of fused-ring (bicyclic) bond motifs is 3. The summed E-state index contributed by atoms with van der Waals surface area (Å²) in [4.78, 5) is 12.8. The molecule has 0 saturated carbocycles. The Bertz CT molecular complexity index is 1380. The number of hydrogen-bond donors (Lipinski definition) is 0. The Morgan fingerprint density at radius 3 is 1.72 bits per heavy atom. The van der Waals surface area contributed by atoms with Gasteiger partial charge in [0.25, 0.3) is 0 Å². The van der Waals surface area contributed by atoms with Gasteiger partial charge in [0.05, 0.1) is 11.4 Å². The molecule has 0 atom stereocenters. The molecule has 3 nitrogen and oxygen atoms in total. The van der Waals surface area contributed by atoms with E-state index >= 15 is 0 Å². The van der Waals surface area contributed by atoms with E-state index in [4.69, 9.17) is 0 Å². The predicted molar refractivity (Wildman–Crippen MR) is 129 cm³/mol. The van der Waals surface area contributed by atoms with Crippen LogP contribution in [0, 0.1) is 6.07 Å². The van der Waals surface area contributed by atoms with Gasteiger partial charge in [-0.15, -0.1) is 23.8 Å². The molecule has 0 saturated heterocycles. The molecule has 0 aliphatic rings. The fraction of sp³-hybridized carbons (Fsp3) is 0. The number of hydrogen-bond acceptors (Lipinski definition) is 4. The van der Waals surface area contributed by atoms with Crippen molar-refractivity contribution in [1.29, 1.82) is 0 Å². The van der Waals surface area contributed by atoms with Gasteiger partial charge in [0.1, 0.15) is 0 Å². The number of thiophene rings is 1. The average Bonchev–Trinajstić information content (AvgIpc) is 3.25. The Morgan fingerprint density at radius 1 is 0.562 bits per heavy atom. The van der Waals surface area contributed by atoms with E-state index in [0.717, 1.165) is 22.6 Å². The fourth-order valence-electron chi connectivity index (χ4n) is 3.42. The van der Waals surface area contributed by atoms with Crippen LogP contribution in [0.15, 0.2) is 110 Å². The van der Waals surface area contributed by atoms with E-state index in [-0.39, 0.29) is 20.1 Å². The van der Waals surface area contributed by atoms with Gasteiger partial charge in [-0.1, -0.05) is 47.9 Å². The third-order valence-electron chi connectivity index (χ3n) is 4.85. The van der Waals surface area contributed by atoms with Crippen molar-refractivity contribution in [3.63, 3.8) is 0 Å². The van der Waals surface area contributed by atoms with E-state index in [2.05, 4.69) is 51.4 Å². The minimum absolute atomic E-state index is 0. The molecule has 4 heterocycles. The van der Waals surface area contributed by atoms with Crippen molar-refractivity contribution >= 4 is 31.5 Å². The smallest absolute Gasteiger partial charge is 0.0886 e. The molecule has 0 aliphatic carbocycles. The Labute approximate surface area is 204 Å². The van der Waals surface area contributed by atoms with Crippen LogP contribution in [0.3, 0.4) is 0 Å². The molecule has 0 unspecified atom stereocenters. The summed E-state index contributed by atoms with van der Waals surface area (Å²) in [5.74, 6) is 0. The Balaban J connectivity index is 0.000000164. The molecule has 6 aromatic rings. The zero-order valence-corrected chi connectivity index (χ0v) is 20.2. The van der Waals surface area contributed by atoms with Crippen molar-refractivity contribution in [3.8, 4) is 22.6 Å². The van der Waals surface area contributed by atoms with Crippen LogP contribution >= 0.6 is 11.3 Å². The van der Waals surface area contributed by atoms with Crippen LogP contribution in [0.2, 0.25) is 0 Å². The Kier molecular flexibility index (Phi) is 7.13. The van der Waals surface area contributed by atoms with Crippen molar-refractivity contribution in [3.05, 3.63) is 116 Å². The van der Waals surface area contributed by atoms with Gasteiger partial charge in [0, 0.05) is 43.4 Å². The van der Waals surface area contributed by atoms with Crippen LogP contribution < -0.4 is 0 Å².